The third-order valence-electron chi connectivity index (χ3n) is 20.7. The van der Waals surface area contributed by atoms with E-state index in [0.29, 0.717) is 0 Å². The summed E-state index contributed by atoms with van der Waals surface area (Å²) >= 11 is 0. The summed E-state index contributed by atoms with van der Waals surface area (Å²) in [6.45, 7) is 55.3. The molecule has 4 saturated heterocycles. The maximum absolute atomic E-state index is 4.53. The maximum atomic E-state index is 4.53. The first kappa shape index (κ1) is 101. The number of benzene rings is 4. The summed E-state index contributed by atoms with van der Waals surface area (Å²) in [5.74, 6) is 0. The zero-order valence-electron chi connectivity index (χ0n) is 68.1. The van der Waals surface area contributed by atoms with Crippen molar-refractivity contribution in [3.8, 4) is 0 Å². The molecule has 4 radical (unpaired) electrons. The van der Waals surface area contributed by atoms with E-state index >= 15 is 0 Å². The van der Waals surface area contributed by atoms with Gasteiger partial charge >= 0.3 is 68.3 Å². The third-order valence-corrected chi connectivity index (χ3v) is 20.7. The monoisotopic (exact) mass is 1710 g/mol. The summed E-state index contributed by atoms with van der Waals surface area (Å²) in [7, 11) is 0. The molecule has 0 amide bonds. The molecule has 0 aliphatic carbocycles. The van der Waals surface area contributed by atoms with E-state index in [9.17, 15) is 0 Å². The molecule has 4 aliphatic heterocycles. The van der Waals surface area contributed by atoms with Gasteiger partial charge in [0.15, 0.2) is 0 Å². The topological polar surface area (TPSA) is 130 Å². The zero-order chi connectivity index (χ0) is 74.0. The molecule has 0 bridgehead atoms. The zero-order valence-corrected chi connectivity index (χ0v) is 71.9. The predicted molar refractivity (Wildman–Crippen MR) is 449 cm³/mol. The fourth-order valence-electron chi connectivity index (χ4n) is 14.0. The van der Waals surface area contributed by atoms with Crippen molar-refractivity contribution in [2.24, 2.45) is 0 Å². The van der Waals surface area contributed by atoms with Gasteiger partial charge in [-0.1, -0.05) is 187 Å². The fraction of sp³-hybridized carbons (Fsp3) is 0.614. The Kier molecular flexibility index (Phi) is 62.1. The van der Waals surface area contributed by atoms with Gasteiger partial charge in [-0.3, -0.25) is 39.4 Å². The predicted octanol–water partition coefficient (Wildman–Crippen LogP) is 9.74. The average Bonchev–Trinajstić information content (AvgIpc) is 0.885. The number of nitrogens with one attached hydrogen (secondary N) is 6. The van der Waals surface area contributed by atoms with Crippen molar-refractivity contribution in [3.63, 3.8) is 0 Å². The van der Waals surface area contributed by atoms with Crippen LogP contribution in [0.2, 0.25) is 0 Å². The number of pyridine rings is 2. The van der Waals surface area contributed by atoms with Gasteiger partial charge in [0.05, 0.1) is 11.4 Å². The first-order valence-electron chi connectivity index (χ1n) is 41.9. The summed E-state index contributed by atoms with van der Waals surface area (Å²) < 4.78 is 0. The molecule has 22 heteroatoms. The number of unbranched alkanes of at least 4 members (excludes halogenated alkanes) is 4. The Morgan fingerprint density at radius 1 is 0.218 bits per heavy atom. The number of aromatic nitrogens is 2. The molecule has 18 nitrogen and oxygen atoms in total. The average molecular weight is 1710 g/mol. The molecule has 6 heterocycles. The van der Waals surface area contributed by atoms with Crippen molar-refractivity contribution in [2.45, 2.75) is 118 Å². The van der Waals surface area contributed by atoms with Crippen LogP contribution in [-0.4, -0.2) is 295 Å². The second-order valence-electron chi connectivity index (χ2n) is 29.5. The molecule has 110 heavy (non-hydrogen) atoms. The molecule has 2 aromatic heterocycles. The first-order chi connectivity index (χ1) is 52.4. The fourth-order valence-corrected chi connectivity index (χ4v) is 14.0. The largest absolute Gasteiger partial charge is 2.00 e. The second-order valence-corrected chi connectivity index (χ2v) is 29.5. The normalized spacial score (nSPS) is 18.4. The molecular weight excluding hydrogens is 1560 g/mol. The van der Waals surface area contributed by atoms with E-state index in [0.717, 1.165) is 234 Å². The van der Waals surface area contributed by atoms with E-state index in [1.807, 2.05) is 24.5 Å². The van der Waals surface area contributed by atoms with Crippen LogP contribution in [0.3, 0.4) is 0 Å². The van der Waals surface area contributed by atoms with Gasteiger partial charge in [-0.25, -0.2) is 0 Å². The maximum Gasteiger partial charge on any atom is 2.00 e. The van der Waals surface area contributed by atoms with Gasteiger partial charge in [0, 0.05) is 261 Å². The number of rotatable bonds is 24. The van der Waals surface area contributed by atoms with E-state index in [1.54, 1.807) is 0 Å². The van der Waals surface area contributed by atoms with Crippen molar-refractivity contribution in [1.29, 1.82) is 0 Å². The van der Waals surface area contributed by atoms with Gasteiger partial charge in [-0.05, 0) is 98.4 Å². The Hall–Kier alpha value is -3.38. The molecular formula is C88H146Cu4N18+8. The summed E-state index contributed by atoms with van der Waals surface area (Å²) in [6.07, 6.45) is 14.0. The summed E-state index contributed by atoms with van der Waals surface area (Å²) in [5.41, 5.74) is 7.96. The van der Waals surface area contributed by atoms with Crippen LogP contribution in [0.25, 0.3) is 0 Å². The van der Waals surface area contributed by atoms with E-state index in [2.05, 4.69) is 264 Å². The van der Waals surface area contributed by atoms with Crippen LogP contribution in [0.5, 0.6) is 0 Å². The van der Waals surface area contributed by atoms with Crippen LogP contribution in [0.1, 0.15) is 113 Å². The van der Waals surface area contributed by atoms with Crippen molar-refractivity contribution in [2.75, 3.05) is 236 Å². The number of hydrogen-bond acceptors (Lipinski definition) is 18. The molecule has 6 aromatic rings. The van der Waals surface area contributed by atoms with Crippen molar-refractivity contribution in [3.05, 3.63) is 204 Å². The van der Waals surface area contributed by atoms with E-state index < -0.39 is 0 Å². The molecule has 4 fully saturated rings. The Morgan fingerprint density at radius 3 is 0.645 bits per heavy atom. The molecule has 10 rings (SSSR count). The van der Waals surface area contributed by atoms with Gasteiger partial charge < -0.3 is 51.5 Å². The first-order valence-corrected chi connectivity index (χ1v) is 41.9. The molecule has 6 N–H and O–H groups in total. The molecule has 0 saturated carbocycles. The van der Waals surface area contributed by atoms with Crippen molar-refractivity contribution < 1.29 is 68.3 Å². The van der Waals surface area contributed by atoms with E-state index in [4.69, 9.17) is 0 Å². The Bertz CT molecular complexity index is 2810. The van der Waals surface area contributed by atoms with Crippen LogP contribution < -0.4 is 31.9 Å². The molecule has 0 spiro atoms. The van der Waals surface area contributed by atoms with Crippen LogP contribution >= 0.6 is 0 Å². The van der Waals surface area contributed by atoms with Crippen molar-refractivity contribution >= 4 is 0 Å². The molecule has 4 aliphatic rings. The Balaban J connectivity index is 0.000000390. The van der Waals surface area contributed by atoms with Gasteiger partial charge in [0.25, 0.3) is 0 Å². The Labute approximate surface area is 711 Å². The molecule has 0 atom stereocenters. The molecule has 4 aromatic carbocycles. The standard InChI is InChI=1S/C33H46N4.C24H38N6.C19H34N4.C12H28N4.4Cu/c1-2-3-19-34-20-22-35(28-31-13-7-4-8-14-31)24-26-37(30-33-17-11-6-12-18-33)27-25-36(23-21-34)29-32-15-9-5-10-16-32;1-2-3-14-28-17-19-29(21-23-8-4-6-10-26-23)15-12-25-13-16-30(20-18-28)22-24-9-5-7-11-27-24;1-2-3-13-22-14-9-20-11-16-23(17-12-21-10-15-22)18-19-7-5-4-6-8-19;1-2-3-10-16-11-8-14-6-4-13-5-7-15-9-12-16;;;;/h4-18H,2-3,19-30H2,1H3;4-11,25H,2-3,12-22H2,1H3;4-8,20-21H,2-3,9-18H2,1H3;13-15H,2-12H2,1H3;;;;/q;;;;4*+2/i;;;;4*1+0. The van der Waals surface area contributed by atoms with Gasteiger partial charge in [-0.15, -0.1) is 0 Å². The minimum absolute atomic E-state index is 0. The second kappa shape index (κ2) is 67.8. The van der Waals surface area contributed by atoms with Crippen molar-refractivity contribution in [1.82, 2.24) is 90.9 Å². The minimum atomic E-state index is 0. The number of hydrogen-bond donors (Lipinski definition) is 6. The quantitative estimate of drug-likeness (QED) is 0.0322. The van der Waals surface area contributed by atoms with Crippen LogP contribution in [0.15, 0.2) is 170 Å². The van der Waals surface area contributed by atoms with E-state index in [-0.39, 0.29) is 68.3 Å². The van der Waals surface area contributed by atoms with E-state index in [1.165, 1.54) is 126 Å². The molecule has 624 valence electrons. The van der Waals surface area contributed by atoms with Crippen LogP contribution in [0.4, 0.5) is 0 Å². The summed E-state index contributed by atoms with van der Waals surface area (Å²) in [6, 6.07) is 56.2. The van der Waals surface area contributed by atoms with Gasteiger partial charge in [0.2, 0.25) is 0 Å². The summed E-state index contributed by atoms with van der Waals surface area (Å²) in [4.78, 5) is 35.2. The third kappa shape index (κ3) is 48.2. The minimum Gasteiger partial charge on any atom is -0.314 e. The van der Waals surface area contributed by atoms with Gasteiger partial charge in [0.1, 0.15) is 0 Å². The van der Waals surface area contributed by atoms with Crippen LogP contribution in [-0.2, 0) is 108 Å². The SMILES string of the molecule is CCCCN1CCN(Cc2ccccc2)CCN(Cc2ccccc2)CCN(Cc2ccccc2)CC1.CCCCN1CCN(Cc2ccccn2)CCNCCN(Cc2ccccn2)CC1.CCCCN1CCNCCN(Cc2ccccc2)CCNCC1.CCCCN1CCNCCNCCNCC1.[64Cu+2].[64Cu+2].[64Cu+2].[64Cu+2]. The Morgan fingerprint density at radius 2 is 0.409 bits per heavy atom. The smallest absolute Gasteiger partial charge is 0.314 e. The van der Waals surface area contributed by atoms with Gasteiger partial charge in [-0.2, -0.15) is 0 Å². The number of nitrogens with zero attached hydrogens (tertiary/aromatic N) is 12. The van der Waals surface area contributed by atoms with Crippen LogP contribution in [0, 0.1) is 0 Å². The summed E-state index contributed by atoms with van der Waals surface area (Å²) in [5, 5.41) is 21.3. The molecule has 0 unspecified atom stereocenters.